The van der Waals surface area contributed by atoms with Crippen molar-refractivity contribution in [3.8, 4) is 5.75 Å². The summed E-state index contributed by atoms with van der Waals surface area (Å²) < 4.78 is 6.18. The Kier molecular flexibility index (Phi) is 5.23. The van der Waals surface area contributed by atoms with Gasteiger partial charge in [0, 0.05) is 37.4 Å². The number of aromatic nitrogens is 1. The molecular formula is C23H24N4O3S. The molecule has 8 heteroatoms. The number of nitrogens with zero attached hydrogens (tertiary/aromatic N) is 3. The highest BCUT2D eigenvalue weighted by Crippen LogP contribution is 2.31. The second kappa shape index (κ2) is 8.19. The van der Waals surface area contributed by atoms with Gasteiger partial charge in [0.2, 0.25) is 11.8 Å². The molecule has 5 rings (SSSR count). The molecule has 0 bridgehead atoms. The molecule has 2 aromatic carbocycles. The first-order valence-corrected chi connectivity index (χ1v) is 11.3. The largest absolute Gasteiger partial charge is 0.497 e. The predicted molar refractivity (Wildman–Crippen MR) is 123 cm³/mol. The van der Waals surface area contributed by atoms with Crippen LogP contribution >= 0.6 is 11.3 Å². The maximum absolute atomic E-state index is 12.8. The number of benzene rings is 2. The maximum atomic E-state index is 12.8. The Bertz CT molecular complexity index is 1120. The Hall–Kier alpha value is -3.13. The number of fused-ring (bicyclic) bond motifs is 1. The summed E-state index contributed by atoms with van der Waals surface area (Å²) in [7, 11) is 1.62. The van der Waals surface area contributed by atoms with Gasteiger partial charge in [0.1, 0.15) is 5.75 Å². The minimum atomic E-state index is -0.396. The average molecular weight is 437 g/mol. The van der Waals surface area contributed by atoms with Gasteiger partial charge >= 0.3 is 0 Å². The Morgan fingerprint density at radius 3 is 2.61 bits per heavy atom. The van der Waals surface area contributed by atoms with Gasteiger partial charge in [0.25, 0.3) is 0 Å². The number of hydrogen-bond donors (Lipinski definition) is 1. The molecule has 31 heavy (non-hydrogen) atoms. The number of carbonyl (C=O) groups is 2. The molecule has 3 aromatic rings. The summed E-state index contributed by atoms with van der Waals surface area (Å²) >= 11 is 1.40. The van der Waals surface area contributed by atoms with Crippen LogP contribution in [0, 0.1) is 5.92 Å². The number of methoxy groups -OCH3 is 1. The fourth-order valence-electron chi connectivity index (χ4n) is 4.24. The molecule has 2 fully saturated rings. The fourth-order valence-corrected chi connectivity index (χ4v) is 5.14. The van der Waals surface area contributed by atoms with E-state index < -0.39 is 5.92 Å². The lowest BCUT2D eigenvalue weighted by Crippen LogP contribution is -2.28. The number of nitrogens with one attached hydrogen (secondary N) is 1. The second-order valence-corrected chi connectivity index (χ2v) is 8.99. The second-order valence-electron chi connectivity index (χ2n) is 7.96. The van der Waals surface area contributed by atoms with Crippen LogP contribution in [0.3, 0.4) is 0 Å². The summed E-state index contributed by atoms with van der Waals surface area (Å²) in [6, 6.07) is 13.7. The van der Waals surface area contributed by atoms with E-state index in [2.05, 4.69) is 27.3 Å². The van der Waals surface area contributed by atoms with Crippen molar-refractivity contribution < 1.29 is 14.3 Å². The average Bonchev–Trinajstić information content (AvgIpc) is 3.53. The standard InChI is InChI=1S/C23H24N4O3S/c1-30-18-8-9-19-20(13-18)31-23(24-19)25-22(29)15-12-21(28)27(14-15)17-6-4-16(5-7-17)26-10-2-3-11-26/h4-9,13,15H,2-3,10-12,14H2,1H3,(H,24,25,29). The van der Waals surface area contributed by atoms with Crippen LogP contribution in [0.1, 0.15) is 19.3 Å². The van der Waals surface area contributed by atoms with Gasteiger partial charge in [-0.15, -0.1) is 0 Å². The van der Waals surface area contributed by atoms with Crippen molar-refractivity contribution in [2.24, 2.45) is 5.92 Å². The van der Waals surface area contributed by atoms with Crippen molar-refractivity contribution in [3.05, 3.63) is 42.5 Å². The van der Waals surface area contributed by atoms with E-state index in [1.54, 1.807) is 12.0 Å². The first kappa shape index (κ1) is 19.8. The third-order valence-corrected chi connectivity index (χ3v) is 6.89. The van der Waals surface area contributed by atoms with Gasteiger partial charge in [0.05, 0.1) is 23.2 Å². The lowest BCUT2D eigenvalue weighted by atomic mass is 10.1. The van der Waals surface area contributed by atoms with Gasteiger partial charge < -0.3 is 19.9 Å². The SMILES string of the molecule is COc1ccc2nc(NC(=O)C3CC(=O)N(c4ccc(N5CCCC5)cc4)C3)sc2c1. The van der Waals surface area contributed by atoms with E-state index >= 15 is 0 Å². The number of thiazole rings is 1. The molecule has 0 radical (unpaired) electrons. The Morgan fingerprint density at radius 1 is 1.13 bits per heavy atom. The smallest absolute Gasteiger partial charge is 0.231 e. The maximum Gasteiger partial charge on any atom is 0.231 e. The molecular weight excluding hydrogens is 412 g/mol. The van der Waals surface area contributed by atoms with E-state index in [1.165, 1.54) is 29.9 Å². The van der Waals surface area contributed by atoms with Gasteiger partial charge in [-0.3, -0.25) is 9.59 Å². The number of amides is 2. The van der Waals surface area contributed by atoms with Crippen LogP contribution in [0.15, 0.2) is 42.5 Å². The van der Waals surface area contributed by atoms with Crippen LogP contribution in [-0.2, 0) is 9.59 Å². The zero-order valence-electron chi connectivity index (χ0n) is 17.3. The van der Waals surface area contributed by atoms with Crippen LogP contribution in [-0.4, -0.2) is 43.5 Å². The number of anilines is 3. The highest BCUT2D eigenvalue weighted by atomic mass is 32.1. The Balaban J connectivity index is 1.25. The topological polar surface area (TPSA) is 74.8 Å². The quantitative estimate of drug-likeness (QED) is 0.657. The fraction of sp³-hybridized carbons (Fsp3) is 0.348. The summed E-state index contributed by atoms with van der Waals surface area (Å²) in [5, 5.41) is 3.43. The minimum Gasteiger partial charge on any atom is -0.497 e. The molecule has 0 spiro atoms. The highest BCUT2D eigenvalue weighted by molar-refractivity contribution is 7.22. The van der Waals surface area contributed by atoms with Gasteiger partial charge in [-0.25, -0.2) is 4.98 Å². The molecule has 2 aliphatic rings. The number of rotatable bonds is 5. The van der Waals surface area contributed by atoms with Crippen LogP contribution in [0.4, 0.5) is 16.5 Å². The van der Waals surface area contributed by atoms with E-state index in [9.17, 15) is 9.59 Å². The molecule has 0 saturated carbocycles. The summed E-state index contributed by atoms with van der Waals surface area (Å²) in [5.74, 6) is 0.160. The minimum absolute atomic E-state index is 0.0249. The van der Waals surface area contributed by atoms with Crippen LogP contribution in [0.5, 0.6) is 5.75 Å². The third kappa shape index (κ3) is 3.95. The van der Waals surface area contributed by atoms with Gasteiger partial charge in [-0.1, -0.05) is 11.3 Å². The Labute approximate surface area is 184 Å². The van der Waals surface area contributed by atoms with Crippen molar-refractivity contribution in [2.45, 2.75) is 19.3 Å². The molecule has 2 amide bonds. The molecule has 3 heterocycles. The van der Waals surface area contributed by atoms with Crippen LogP contribution in [0.25, 0.3) is 10.2 Å². The molecule has 1 aromatic heterocycles. The summed E-state index contributed by atoms with van der Waals surface area (Å²) in [4.78, 5) is 34.0. The summed E-state index contributed by atoms with van der Waals surface area (Å²) in [6.45, 7) is 2.55. The normalized spacial score (nSPS) is 18.7. The number of hydrogen-bond acceptors (Lipinski definition) is 6. The molecule has 7 nitrogen and oxygen atoms in total. The van der Waals surface area contributed by atoms with Gasteiger partial charge in [-0.2, -0.15) is 0 Å². The zero-order valence-corrected chi connectivity index (χ0v) is 18.2. The Morgan fingerprint density at radius 2 is 1.87 bits per heavy atom. The number of carbonyl (C=O) groups excluding carboxylic acids is 2. The first-order valence-electron chi connectivity index (χ1n) is 10.5. The van der Waals surface area contributed by atoms with Gasteiger partial charge in [-0.05, 0) is 55.3 Å². The van der Waals surface area contributed by atoms with Crippen molar-refractivity contribution in [1.82, 2.24) is 4.98 Å². The van der Waals surface area contributed by atoms with Crippen molar-refractivity contribution in [1.29, 1.82) is 0 Å². The molecule has 160 valence electrons. The van der Waals surface area contributed by atoms with Crippen molar-refractivity contribution >= 4 is 49.9 Å². The molecule has 1 unspecified atom stereocenters. The third-order valence-electron chi connectivity index (χ3n) is 5.95. The molecule has 1 atom stereocenters. The van der Waals surface area contributed by atoms with E-state index in [0.717, 1.165) is 34.7 Å². The lowest BCUT2D eigenvalue weighted by molar-refractivity contribution is -0.122. The molecule has 1 N–H and O–H groups in total. The van der Waals surface area contributed by atoms with Crippen LogP contribution < -0.4 is 19.9 Å². The van der Waals surface area contributed by atoms with Crippen LogP contribution in [0.2, 0.25) is 0 Å². The molecule has 0 aliphatic carbocycles. The van der Waals surface area contributed by atoms with E-state index in [4.69, 9.17) is 4.74 Å². The van der Waals surface area contributed by atoms with E-state index in [1.807, 2.05) is 30.3 Å². The summed E-state index contributed by atoms with van der Waals surface area (Å²) in [5.41, 5.74) is 2.84. The van der Waals surface area contributed by atoms with E-state index in [-0.39, 0.29) is 18.2 Å². The predicted octanol–water partition coefficient (Wildman–Crippen LogP) is 3.90. The van der Waals surface area contributed by atoms with E-state index in [0.29, 0.717) is 11.7 Å². The molecule has 2 aliphatic heterocycles. The van der Waals surface area contributed by atoms with Gasteiger partial charge in [0.15, 0.2) is 5.13 Å². The monoisotopic (exact) mass is 436 g/mol. The van der Waals surface area contributed by atoms with Crippen molar-refractivity contribution in [3.63, 3.8) is 0 Å². The molecule has 2 saturated heterocycles. The number of ether oxygens (including phenoxy) is 1. The summed E-state index contributed by atoms with van der Waals surface area (Å²) in [6.07, 6.45) is 2.66. The highest BCUT2D eigenvalue weighted by Gasteiger charge is 2.35. The first-order chi connectivity index (χ1) is 15.1. The zero-order chi connectivity index (χ0) is 21.4. The van der Waals surface area contributed by atoms with Crippen molar-refractivity contribution in [2.75, 3.05) is 41.9 Å². The lowest BCUT2D eigenvalue weighted by Gasteiger charge is -2.20.